The summed E-state index contributed by atoms with van der Waals surface area (Å²) in [5.41, 5.74) is 2.64. The number of H-pyrrole nitrogens is 1. The Balaban J connectivity index is 1.73. The van der Waals surface area contributed by atoms with Crippen LogP contribution in [0.25, 0.3) is 10.9 Å². The molecule has 6 heteroatoms. The number of carbonyl (C=O) groups excluding carboxylic acids is 2. The van der Waals surface area contributed by atoms with Crippen LogP contribution in [0.15, 0.2) is 48.5 Å². The van der Waals surface area contributed by atoms with Crippen LogP contribution in [0, 0.1) is 0 Å². The van der Waals surface area contributed by atoms with E-state index in [1.165, 1.54) is 4.90 Å². The van der Waals surface area contributed by atoms with Crippen molar-refractivity contribution in [3.63, 3.8) is 0 Å². The first-order valence-electron chi connectivity index (χ1n) is 7.58. The maximum atomic E-state index is 12.4. The van der Waals surface area contributed by atoms with E-state index in [9.17, 15) is 9.59 Å². The molecule has 0 aliphatic carbocycles. The summed E-state index contributed by atoms with van der Waals surface area (Å²) < 4.78 is 0. The third-order valence-corrected chi connectivity index (χ3v) is 3.72. The standard InChI is InChI=1S/C18H18N4O2/c1-22(2)18(24)13-7-5-6-12(10-13)11-19-17(23)16-14-8-3-4-9-15(14)20-21-16/h3-10H,11H2,1-2H3,(H,19,23)(H,20,21). The van der Waals surface area contributed by atoms with Crippen molar-refractivity contribution >= 4 is 22.7 Å². The van der Waals surface area contributed by atoms with Gasteiger partial charge in [0.2, 0.25) is 0 Å². The third kappa shape index (κ3) is 3.12. The van der Waals surface area contributed by atoms with Crippen LogP contribution < -0.4 is 5.32 Å². The van der Waals surface area contributed by atoms with Crippen LogP contribution in [-0.2, 0) is 6.54 Å². The summed E-state index contributed by atoms with van der Waals surface area (Å²) in [5, 5.41) is 10.5. The van der Waals surface area contributed by atoms with Crippen LogP contribution in [0.3, 0.4) is 0 Å². The number of carbonyl (C=O) groups is 2. The first-order chi connectivity index (χ1) is 11.6. The Bertz CT molecular complexity index is 899. The van der Waals surface area contributed by atoms with Crippen LogP contribution >= 0.6 is 0 Å². The number of hydrogen-bond acceptors (Lipinski definition) is 3. The van der Waals surface area contributed by atoms with E-state index in [1.54, 1.807) is 26.2 Å². The van der Waals surface area contributed by atoms with Gasteiger partial charge in [-0.25, -0.2) is 0 Å². The lowest BCUT2D eigenvalue weighted by atomic mass is 10.1. The molecule has 3 aromatic rings. The molecule has 122 valence electrons. The number of nitrogens with one attached hydrogen (secondary N) is 2. The molecule has 0 atom stereocenters. The van der Waals surface area contributed by atoms with Gasteiger partial charge >= 0.3 is 0 Å². The molecule has 0 aliphatic rings. The zero-order valence-electron chi connectivity index (χ0n) is 13.5. The zero-order valence-corrected chi connectivity index (χ0v) is 13.5. The van der Waals surface area contributed by atoms with E-state index in [2.05, 4.69) is 15.5 Å². The molecule has 1 heterocycles. The van der Waals surface area contributed by atoms with Gasteiger partial charge in [-0.15, -0.1) is 0 Å². The molecule has 0 bridgehead atoms. The van der Waals surface area contributed by atoms with Crippen molar-refractivity contribution in [1.82, 2.24) is 20.4 Å². The normalized spacial score (nSPS) is 10.6. The van der Waals surface area contributed by atoms with Gasteiger partial charge in [0.15, 0.2) is 5.69 Å². The van der Waals surface area contributed by atoms with E-state index in [0.29, 0.717) is 17.8 Å². The van der Waals surface area contributed by atoms with Crippen molar-refractivity contribution in [2.45, 2.75) is 6.54 Å². The van der Waals surface area contributed by atoms with Crippen molar-refractivity contribution in [3.05, 3.63) is 65.4 Å². The minimum Gasteiger partial charge on any atom is -0.347 e. The zero-order chi connectivity index (χ0) is 17.1. The molecule has 0 spiro atoms. The molecule has 2 N–H and O–H groups in total. The maximum Gasteiger partial charge on any atom is 0.272 e. The number of aromatic nitrogens is 2. The van der Waals surface area contributed by atoms with Crippen molar-refractivity contribution in [2.75, 3.05) is 14.1 Å². The van der Waals surface area contributed by atoms with Crippen LogP contribution in [0.1, 0.15) is 26.4 Å². The smallest absolute Gasteiger partial charge is 0.272 e. The SMILES string of the molecule is CN(C)C(=O)c1cccc(CNC(=O)c2n[nH]c3ccccc23)c1. The number of hydrogen-bond donors (Lipinski definition) is 2. The quantitative estimate of drug-likeness (QED) is 0.773. The van der Waals surface area contributed by atoms with Crippen LogP contribution in [0.4, 0.5) is 0 Å². The third-order valence-electron chi connectivity index (χ3n) is 3.72. The van der Waals surface area contributed by atoms with Gasteiger partial charge in [0.25, 0.3) is 11.8 Å². The molecular weight excluding hydrogens is 304 g/mol. The molecule has 2 aromatic carbocycles. The lowest BCUT2D eigenvalue weighted by Crippen LogP contribution is -2.24. The van der Waals surface area contributed by atoms with E-state index in [4.69, 9.17) is 0 Å². The summed E-state index contributed by atoms with van der Waals surface area (Å²) in [7, 11) is 3.42. The number of amides is 2. The highest BCUT2D eigenvalue weighted by Crippen LogP contribution is 2.15. The minimum absolute atomic E-state index is 0.0681. The van der Waals surface area contributed by atoms with Gasteiger partial charge in [-0.05, 0) is 23.8 Å². The predicted molar refractivity (Wildman–Crippen MR) is 91.7 cm³/mol. The average molecular weight is 322 g/mol. The average Bonchev–Trinajstić information content (AvgIpc) is 3.03. The predicted octanol–water partition coefficient (Wildman–Crippen LogP) is 2.19. The number of fused-ring (bicyclic) bond motifs is 1. The molecule has 0 fully saturated rings. The molecule has 0 radical (unpaired) electrons. The highest BCUT2D eigenvalue weighted by molar-refractivity contribution is 6.04. The van der Waals surface area contributed by atoms with E-state index < -0.39 is 0 Å². The number of rotatable bonds is 4. The lowest BCUT2D eigenvalue weighted by molar-refractivity contribution is 0.0827. The fourth-order valence-electron chi connectivity index (χ4n) is 2.48. The first-order valence-corrected chi connectivity index (χ1v) is 7.58. The monoisotopic (exact) mass is 322 g/mol. The Labute approximate surface area is 139 Å². The fraction of sp³-hybridized carbons (Fsp3) is 0.167. The van der Waals surface area contributed by atoms with Crippen molar-refractivity contribution < 1.29 is 9.59 Å². The van der Waals surface area contributed by atoms with E-state index in [1.807, 2.05) is 36.4 Å². The topological polar surface area (TPSA) is 78.1 Å². The first kappa shape index (κ1) is 15.7. The summed E-state index contributed by atoms with van der Waals surface area (Å²) >= 11 is 0. The Morgan fingerprint density at radius 2 is 1.92 bits per heavy atom. The summed E-state index contributed by atoms with van der Waals surface area (Å²) in [5.74, 6) is -0.321. The van der Waals surface area contributed by atoms with Crippen LogP contribution in [0.5, 0.6) is 0 Å². The maximum absolute atomic E-state index is 12.4. The molecule has 2 amide bonds. The van der Waals surface area contributed by atoms with Crippen LogP contribution in [0.2, 0.25) is 0 Å². The molecule has 0 saturated carbocycles. The minimum atomic E-state index is -0.253. The summed E-state index contributed by atoms with van der Waals surface area (Å²) in [6.45, 7) is 0.328. The van der Waals surface area contributed by atoms with E-state index >= 15 is 0 Å². The number of nitrogens with zero attached hydrogens (tertiary/aromatic N) is 2. The highest BCUT2D eigenvalue weighted by atomic mass is 16.2. The number of para-hydroxylation sites is 1. The Morgan fingerprint density at radius 1 is 1.12 bits per heavy atom. The summed E-state index contributed by atoms with van der Waals surface area (Å²) in [6.07, 6.45) is 0. The van der Waals surface area contributed by atoms with Gasteiger partial charge in [0.05, 0.1) is 5.52 Å². The molecule has 24 heavy (non-hydrogen) atoms. The Hall–Kier alpha value is -3.15. The molecule has 3 rings (SSSR count). The van der Waals surface area contributed by atoms with Crippen molar-refractivity contribution in [2.24, 2.45) is 0 Å². The Morgan fingerprint density at radius 3 is 2.71 bits per heavy atom. The molecule has 1 aromatic heterocycles. The molecule has 0 aliphatic heterocycles. The molecule has 6 nitrogen and oxygen atoms in total. The lowest BCUT2D eigenvalue weighted by Gasteiger charge is -2.11. The second-order valence-corrected chi connectivity index (χ2v) is 5.70. The second kappa shape index (κ2) is 6.54. The summed E-state index contributed by atoms with van der Waals surface area (Å²) in [6, 6.07) is 14.7. The van der Waals surface area contributed by atoms with Gasteiger partial charge in [0.1, 0.15) is 0 Å². The summed E-state index contributed by atoms with van der Waals surface area (Å²) in [4.78, 5) is 25.9. The van der Waals surface area contributed by atoms with Gasteiger partial charge < -0.3 is 10.2 Å². The molecule has 0 unspecified atom stereocenters. The van der Waals surface area contributed by atoms with E-state index in [-0.39, 0.29) is 11.8 Å². The largest absolute Gasteiger partial charge is 0.347 e. The van der Waals surface area contributed by atoms with Crippen molar-refractivity contribution in [1.29, 1.82) is 0 Å². The molecule has 0 saturated heterocycles. The highest BCUT2D eigenvalue weighted by Gasteiger charge is 2.14. The van der Waals surface area contributed by atoms with Gasteiger partial charge in [-0.2, -0.15) is 5.10 Å². The fourth-order valence-corrected chi connectivity index (χ4v) is 2.48. The van der Waals surface area contributed by atoms with Gasteiger partial charge in [-0.1, -0.05) is 30.3 Å². The number of benzene rings is 2. The second-order valence-electron chi connectivity index (χ2n) is 5.70. The molecular formula is C18H18N4O2. The van der Waals surface area contributed by atoms with E-state index in [0.717, 1.165) is 16.5 Å². The van der Waals surface area contributed by atoms with Gasteiger partial charge in [-0.3, -0.25) is 14.7 Å². The number of aromatic amines is 1. The van der Waals surface area contributed by atoms with Crippen LogP contribution in [-0.4, -0.2) is 41.0 Å². The van der Waals surface area contributed by atoms with Crippen molar-refractivity contribution in [3.8, 4) is 0 Å². The van der Waals surface area contributed by atoms with Gasteiger partial charge in [0, 0.05) is 31.6 Å². The Kier molecular flexibility index (Phi) is 4.29.